The third-order valence-electron chi connectivity index (χ3n) is 6.33. The van der Waals surface area contributed by atoms with E-state index in [0.717, 1.165) is 29.3 Å². The smallest absolute Gasteiger partial charge is 0.341 e. The standard InChI is InChI=1S/C23H24BrNO5S/c1-2-9-30-23(29)19-16(12-5-7-15(24)8-6-12)11-31-21(19)25-20(26)17-13-3-4-14(10-13)18(17)22(27)28/h5-8,11,13-14,17-18H,2-4,9-10H2,1H3,(H,25,26)(H,27,28)/t13-,14-,17+,18+/m0/s1. The molecule has 8 heteroatoms. The first-order valence-electron chi connectivity index (χ1n) is 10.5. The molecule has 2 N–H and O–H groups in total. The van der Waals surface area contributed by atoms with Gasteiger partial charge < -0.3 is 15.2 Å². The van der Waals surface area contributed by atoms with Gasteiger partial charge in [0, 0.05) is 15.4 Å². The summed E-state index contributed by atoms with van der Waals surface area (Å²) in [6.45, 7) is 2.20. The fourth-order valence-electron chi connectivity index (χ4n) is 4.98. The van der Waals surface area contributed by atoms with Crippen molar-refractivity contribution >= 4 is 50.1 Å². The molecule has 0 spiro atoms. The monoisotopic (exact) mass is 505 g/mol. The molecule has 4 rings (SSSR count). The maximum absolute atomic E-state index is 13.2. The molecule has 31 heavy (non-hydrogen) atoms. The number of thiophene rings is 1. The summed E-state index contributed by atoms with van der Waals surface area (Å²) < 4.78 is 6.31. The lowest BCUT2D eigenvalue weighted by Crippen LogP contribution is -2.38. The number of rotatable bonds is 7. The summed E-state index contributed by atoms with van der Waals surface area (Å²) in [5.74, 6) is -2.76. The average molecular weight is 506 g/mol. The van der Waals surface area contributed by atoms with Gasteiger partial charge in [-0.1, -0.05) is 35.0 Å². The van der Waals surface area contributed by atoms with Crippen molar-refractivity contribution in [3.05, 3.63) is 39.7 Å². The Balaban J connectivity index is 1.64. The van der Waals surface area contributed by atoms with E-state index in [4.69, 9.17) is 4.74 Å². The highest BCUT2D eigenvalue weighted by Gasteiger charge is 2.54. The van der Waals surface area contributed by atoms with Gasteiger partial charge in [-0.15, -0.1) is 11.3 Å². The lowest BCUT2D eigenvalue weighted by molar-refractivity contribution is -0.148. The van der Waals surface area contributed by atoms with Gasteiger partial charge in [-0.3, -0.25) is 9.59 Å². The zero-order valence-corrected chi connectivity index (χ0v) is 19.5. The molecule has 2 aliphatic carbocycles. The SMILES string of the molecule is CCCOC(=O)c1c(-c2ccc(Br)cc2)csc1NC(=O)[C@@H]1[C@H]2CC[C@@H](C2)[C@H]1C(=O)O. The minimum absolute atomic E-state index is 0.0638. The van der Waals surface area contributed by atoms with Crippen molar-refractivity contribution in [1.82, 2.24) is 0 Å². The van der Waals surface area contributed by atoms with Crippen LogP contribution in [0.25, 0.3) is 11.1 Å². The first-order chi connectivity index (χ1) is 14.9. The van der Waals surface area contributed by atoms with E-state index in [0.29, 0.717) is 22.5 Å². The lowest BCUT2D eigenvalue weighted by atomic mass is 9.79. The van der Waals surface area contributed by atoms with Gasteiger partial charge in [0.2, 0.25) is 5.91 Å². The third kappa shape index (κ3) is 4.28. The Morgan fingerprint density at radius 3 is 2.48 bits per heavy atom. The molecule has 6 nitrogen and oxygen atoms in total. The first kappa shape index (κ1) is 22.0. The average Bonchev–Trinajstić information content (AvgIpc) is 3.47. The van der Waals surface area contributed by atoms with Crippen LogP contribution in [0.1, 0.15) is 43.0 Å². The molecule has 1 aromatic heterocycles. The molecular formula is C23H24BrNO5S. The van der Waals surface area contributed by atoms with Crippen molar-refractivity contribution in [2.24, 2.45) is 23.7 Å². The molecule has 0 radical (unpaired) electrons. The van der Waals surface area contributed by atoms with Crippen molar-refractivity contribution in [1.29, 1.82) is 0 Å². The van der Waals surface area contributed by atoms with Gasteiger partial charge >= 0.3 is 11.9 Å². The van der Waals surface area contributed by atoms with E-state index < -0.39 is 23.8 Å². The third-order valence-corrected chi connectivity index (χ3v) is 7.75. The number of esters is 1. The fourth-order valence-corrected chi connectivity index (χ4v) is 6.21. The van der Waals surface area contributed by atoms with Crippen molar-refractivity contribution < 1.29 is 24.2 Å². The number of carboxylic acid groups (broad SMARTS) is 1. The van der Waals surface area contributed by atoms with Crippen LogP contribution in [0.5, 0.6) is 0 Å². The molecule has 2 saturated carbocycles. The number of hydrogen-bond acceptors (Lipinski definition) is 5. The van der Waals surface area contributed by atoms with Crippen LogP contribution in [0, 0.1) is 23.7 Å². The minimum Gasteiger partial charge on any atom is -0.481 e. The number of benzene rings is 1. The summed E-state index contributed by atoms with van der Waals surface area (Å²) in [5, 5.41) is 14.8. The molecule has 2 aliphatic rings. The second kappa shape index (κ2) is 9.12. The summed E-state index contributed by atoms with van der Waals surface area (Å²) >= 11 is 4.68. The Morgan fingerprint density at radius 1 is 1.16 bits per heavy atom. The molecule has 164 valence electrons. The summed E-state index contributed by atoms with van der Waals surface area (Å²) in [4.78, 5) is 37.9. The Bertz CT molecular complexity index is 1000. The van der Waals surface area contributed by atoms with Gasteiger partial charge in [0.25, 0.3) is 0 Å². The number of anilines is 1. The van der Waals surface area contributed by atoms with Crippen molar-refractivity contribution in [2.75, 3.05) is 11.9 Å². The number of ether oxygens (including phenoxy) is 1. The molecule has 2 bridgehead atoms. The number of carbonyl (C=O) groups excluding carboxylic acids is 2. The van der Waals surface area contributed by atoms with Crippen LogP contribution >= 0.6 is 27.3 Å². The molecule has 1 aromatic carbocycles. The van der Waals surface area contributed by atoms with Crippen molar-refractivity contribution in [3.63, 3.8) is 0 Å². The molecule has 2 fully saturated rings. The normalized spacial score (nSPS) is 24.2. The van der Waals surface area contributed by atoms with Crippen molar-refractivity contribution in [3.8, 4) is 11.1 Å². The number of hydrogen-bond donors (Lipinski definition) is 2. The second-order valence-electron chi connectivity index (χ2n) is 8.21. The predicted molar refractivity (Wildman–Crippen MR) is 122 cm³/mol. The summed E-state index contributed by atoms with van der Waals surface area (Å²) in [7, 11) is 0. The molecule has 1 amide bonds. The van der Waals surface area contributed by atoms with E-state index in [2.05, 4.69) is 21.2 Å². The van der Waals surface area contributed by atoms with E-state index in [1.165, 1.54) is 11.3 Å². The quantitative estimate of drug-likeness (QED) is 0.489. The fraction of sp³-hybridized carbons (Fsp3) is 0.435. The molecule has 2 aromatic rings. The van der Waals surface area contributed by atoms with Gasteiger partial charge in [-0.25, -0.2) is 4.79 Å². The van der Waals surface area contributed by atoms with Crippen molar-refractivity contribution in [2.45, 2.75) is 32.6 Å². The summed E-state index contributed by atoms with van der Waals surface area (Å²) in [6.07, 6.45) is 3.23. The maximum Gasteiger partial charge on any atom is 0.341 e. The van der Waals surface area contributed by atoms with E-state index in [1.807, 2.05) is 36.6 Å². The number of fused-ring (bicyclic) bond motifs is 2. The number of amides is 1. The largest absolute Gasteiger partial charge is 0.481 e. The molecule has 1 heterocycles. The lowest BCUT2D eigenvalue weighted by Gasteiger charge is -2.27. The highest BCUT2D eigenvalue weighted by Crippen LogP contribution is 2.53. The van der Waals surface area contributed by atoms with Crippen LogP contribution in [-0.2, 0) is 14.3 Å². The molecule has 0 unspecified atom stereocenters. The van der Waals surface area contributed by atoms with Crippen LogP contribution in [-0.4, -0.2) is 29.6 Å². The Morgan fingerprint density at radius 2 is 1.84 bits per heavy atom. The van der Waals surface area contributed by atoms with Gasteiger partial charge in [0.15, 0.2) is 0 Å². The number of aliphatic carboxylic acids is 1. The first-order valence-corrected chi connectivity index (χ1v) is 12.2. The zero-order chi connectivity index (χ0) is 22.1. The van der Waals surface area contributed by atoms with Crippen LogP contribution < -0.4 is 5.32 Å². The van der Waals surface area contributed by atoms with Crippen LogP contribution in [0.3, 0.4) is 0 Å². The number of carbonyl (C=O) groups is 3. The Hall–Kier alpha value is -2.19. The molecular weight excluding hydrogens is 482 g/mol. The summed E-state index contributed by atoms with van der Waals surface area (Å²) in [6, 6.07) is 7.56. The second-order valence-corrected chi connectivity index (χ2v) is 10.0. The zero-order valence-electron chi connectivity index (χ0n) is 17.1. The van der Waals surface area contributed by atoms with E-state index in [-0.39, 0.29) is 24.3 Å². The van der Waals surface area contributed by atoms with Gasteiger partial charge in [0.1, 0.15) is 10.6 Å². The summed E-state index contributed by atoms with van der Waals surface area (Å²) in [5.41, 5.74) is 1.85. The van der Waals surface area contributed by atoms with E-state index >= 15 is 0 Å². The van der Waals surface area contributed by atoms with E-state index in [1.54, 1.807) is 0 Å². The number of carboxylic acids is 1. The molecule has 4 atom stereocenters. The topological polar surface area (TPSA) is 92.7 Å². The van der Waals surface area contributed by atoms with Crippen LogP contribution in [0.15, 0.2) is 34.1 Å². The van der Waals surface area contributed by atoms with Gasteiger partial charge in [-0.05, 0) is 55.2 Å². The Kier molecular flexibility index (Phi) is 6.48. The van der Waals surface area contributed by atoms with Gasteiger partial charge in [0.05, 0.1) is 18.4 Å². The minimum atomic E-state index is -0.906. The van der Waals surface area contributed by atoms with Gasteiger partial charge in [-0.2, -0.15) is 0 Å². The molecule has 0 aliphatic heterocycles. The van der Waals surface area contributed by atoms with E-state index in [9.17, 15) is 19.5 Å². The highest BCUT2D eigenvalue weighted by molar-refractivity contribution is 9.10. The number of nitrogens with one attached hydrogen (secondary N) is 1. The Labute approximate surface area is 193 Å². The molecule has 0 saturated heterocycles. The predicted octanol–water partition coefficient (Wildman–Crippen LogP) is 5.43. The van der Waals surface area contributed by atoms with Crippen LogP contribution in [0.4, 0.5) is 5.00 Å². The number of halogens is 1. The highest BCUT2D eigenvalue weighted by atomic mass is 79.9. The maximum atomic E-state index is 13.2. The van der Waals surface area contributed by atoms with Crippen LogP contribution in [0.2, 0.25) is 0 Å².